The zero-order chi connectivity index (χ0) is 35.6. The van der Waals surface area contributed by atoms with Gasteiger partial charge in [0.15, 0.2) is 0 Å². The Bertz CT molecular complexity index is 828. The van der Waals surface area contributed by atoms with Gasteiger partial charge in [-0.05, 0) is 66.7 Å². The number of methoxy groups -OCH3 is 1. The largest absolute Gasteiger partial charge is 0.500 e. The molecule has 0 aliphatic carbocycles. The maximum atomic E-state index is 11.7. The molecule has 0 aromatic heterocycles. The van der Waals surface area contributed by atoms with Crippen molar-refractivity contribution < 1.29 is 47.0 Å². The van der Waals surface area contributed by atoms with Crippen molar-refractivity contribution in [3.8, 4) is 0 Å². The summed E-state index contributed by atoms with van der Waals surface area (Å²) in [6.07, 6.45) is 4.45. The van der Waals surface area contributed by atoms with Crippen LogP contribution in [0.2, 0.25) is 6.04 Å². The Hall–Kier alpha value is -2.26. The lowest BCUT2D eigenvalue weighted by Gasteiger charge is -2.28. The van der Waals surface area contributed by atoms with Crippen LogP contribution in [0.1, 0.15) is 101 Å². The van der Waals surface area contributed by atoms with Crippen LogP contribution in [-0.2, 0) is 37.1 Å². The summed E-state index contributed by atoms with van der Waals surface area (Å²) in [5, 5.41) is 14.2. The van der Waals surface area contributed by atoms with Gasteiger partial charge < -0.3 is 43.4 Å². The molecule has 0 aromatic carbocycles. The lowest BCUT2D eigenvalue weighted by atomic mass is 9.89. The third-order valence-corrected chi connectivity index (χ3v) is 10.9. The number of hydrogen-bond donors (Lipinski definition) is 3. The lowest BCUT2D eigenvalue weighted by Crippen LogP contribution is -2.46. The number of rotatable bonds is 20. The van der Waals surface area contributed by atoms with Crippen molar-refractivity contribution in [3.05, 3.63) is 0 Å². The second-order valence-electron chi connectivity index (χ2n) is 11.3. The van der Waals surface area contributed by atoms with E-state index in [0.717, 1.165) is 32.2 Å². The summed E-state index contributed by atoms with van der Waals surface area (Å²) in [4.78, 5) is 47.2. The van der Waals surface area contributed by atoms with Gasteiger partial charge in [-0.15, -0.1) is 0 Å². The van der Waals surface area contributed by atoms with E-state index in [0.29, 0.717) is 63.7 Å². The van der Waals surface area contributed by atoms with Crippen molar-refractivity contribution in [2.24, 2.45) is 11.3 Å². The minimum Gasteiger partial charge on any atom is -0.469 e. The third-order valence-electron chi connectivity index (χ3n) is 7.76. The van der Waals surface area contributed by atoms with Crippen molar-refractivity contribution in [1.29, 1.82) is 0 Å². The predicted octanol–water partition coefficient (Wildman–Crippen LogP) is 4.29. The second kappa shape index (κ2) is 26.8. The molecule has 3 atom stereocenters. The first-order valence-corrected chi connectivity index (χ1v) is 18.8. The van der Waals surface area contributed by atoms with E-state index in [1.54, 1.807) is 6.92 Å². The normalized spacial score (nSPS) is 15.3. The minimum absolute atomic E-state index is 0.0272. The quantitative estimate of drug-likeness (QED) is 0.0962. The maximum absolute atomic E-state index is 11.7. The zero-order valence-corrected chi connectivity index (χ0v) is 31.3. The van der Waals surface area contributed by atoms with E-state index < -0.39 is 20.3 Å². The van der Waals surface area contributed by atoms with E-state index >= 15 is 0 Å². The average molecular weight is 680 g/mol. The number of likely N-dealkylation sites (tertiary alicyclic amines) is 1. The molecule has 1 aliphatic rings. The molecule has 1 heterocycles. The summed E-state index contributed by atoms with van der Waals surface area (Å²) in [5.74, 6) is -0.0679. The van der Waals surface area contributed by atoms with E-state index in [1.165, 1.54) is 7.11 Å². The highest BCUT2D eigenvalue weighted by atomic mass is 28.4. The number of ether oxygens (including phenoxy) is 2. The van der Waals surface area contributed by atoms with E-state index in [2.05, 4.69) is 29.2 Å². The Morgan fingerprint density at radius 1 is 0.957 bits per heavy atom. The Labute approximate surface area is 279 Å². The zero-order valence-electron chi connectivity index (χ0n) is 30.3. The molecule has 1 aliphatic heterocycles. The van der Waals surface area contributed by atoms with Crippen molar-refractivity contribution in [2.45, 2.75) is 113 Å². The van der Waals surface area contributed by atoms with E-state index in [4.69, 9.17) is 23.1 Å². The van der Waals surface area contributed by atoms with E-state index in [-0.39, 0.29) is 31.0 Å². The van der Waals surface area contributed by atoms with Gasteiger partial charge in [-0.3, -0.25) is 14.4 Å². The average Bonchev–Trinajstić information content (AvgIpc) is 3.50. The highest BCUT2D eigenvalue weighted by molar-refractivity contribution is 6.60. The summed E-state index contributed by atoms with van der Waals surface area (Å²) in [7, 11) is -1.34. The Kier molecular flexibility index (Phi) is 26.7. The van der Waals surface area contributed by atoms with Crippen LogP contribution in [0.5, 0.6) is 0 Å². The topological polar surface area (TPSA) is 162 Å². The SMILES string of the molecule is CCC(C)(CO)C(=O)OC.CCC(C)N1CCCC1=O.CCO[Si](CCCNC(=O)OCCNC(=O)C(C)CC)(OCC)OCC. The second-order valence-corrected chi connectivity index (χ2v) is 14.0. The molecule has 3 amide bonds. The fourth-order valence-corrected chi connectivity index (χ4v) is 6.76. The van der Waals surface area contributed by atoms with E-state index in [1.807, 2.05) is 46.4 Å². The fourth-order valence-electron chi connectivity index (χ4n) is 4.15. The Morgan fingerprint density at radius 2 is 1.54 bits per heavy atom. The Balaban J connectivity index is 0. The molecule has 14 heteroatoms. The summed E-state index contributed by atoms with van der Waals surface area (Å²) in [6.45, 7) is 20.6. The fraction of sp³-hybridized carbons (Fsp3) is 0.875. The number of carbonyl (C=O) groups excluding carboxylic acids is 4. The standard InChI is InChI=1S/C17H36N2O6Si.C8H15NO.C7H14O3/c1-6-15(5)16(20)18-12-13-22-17(21)19-11-10-14-26(23-7-2,24-8-3)25-9-4;1-3-7(2)9-6-4-5-8(9)10;1-4-7(2,5-8)6(9)10-3/h15H,6-14H2,1-5H3,(H,18,20)(H,19,21);7H,3-6H2,1-2H3;8H,4-5H2,1-3H3. The van der Waals surface area contributed by atoms with Gasteiger partial charge in [0.2, 0.25) is 11.8 Å². The van der Waals surface area contributed by atoms with Crippen LogP contribution < -0.4 is 10.6 Å². The van der Waals surface area contributed by atoms with Crippen molar-refractivity contribution >= 4 is 32.7 Å². The van der Waals surface area contributed by atoms with Crippen LogP contribution in [0.4, 0.5) is 4.79 Å². The number of alkyl carbamates (subject to hydrolysis) is 1. The monoisotopic (exact) mass is 679 g/mol. The molecule has 0 aromatic rings. The molecule has 13 nitrogen and oxygen atoms in total. The highest BCUT2D eigenvalue weighted by Gasteiger charge is 2.39. The molecule has 0 saturated carbocycles. The van der Waals surface area contributed by atoms with Gasteiger partial charge in [-0.25, -0.2) is 4.79 Å². The number of esters is 1. The maximum Gasteiger partial charge on any atom is 0.500 e. The van der Waals surface area contributed by atoms with Crippen LogP contribution in [-0.4, -0.2) is 109 Å². The number of aliphatic hydroxyl groups excluding tert-OH is 1. The first-order chi connectivity index (χ1) is 21.8. The summed E-state index contributed by atoms with van der Waals surface area (Å²) >= 11 is 0. The van der Waals surface area contributed by atoms with Gasteiger partial charge in [0.25, 0.3) is 0 Å². The van der Waals surface area contributed by atoms with Crippen molar-refractivity contribution in [2.75, 3.05) is 59.8 Å². The molecule has 1 fully saturated rings. The van der Waals surface area contributed by atoms with Crippen LogP contribution in [0, 0.1) is 11.3 Å². The molecule has 0 radical (unpaired) electrons. The van der Waals surface area contributed by atoms with Gasteiger partial charge in [-0.1, -0.05) is 27.7 Å². The smallest absolute Gasteiger partial charge is 0.469 e. The number of hydrogen-bond acceptors (Lipinski definition) is 10. The van der Waals surface area contributed by atoms with Gasteiger partial charge in [0.05, 0.1) is 25.7 Å². The van der Waals surface area contributed by atoms with Crippen LogP contribution >= 0.6 is 0 Å². The van der Waals surface area contributed by atoms with Crippen LogP contribution in [0.3, 0.4) is 0 Å². The van der Waals surface area contributed by atoms with Gasteiger partial charge >= 0.3 is 20.9 Å². The van der Waals surface area contributed by atoms with Crippen molar-refractivity contribution in [1.82, 2.24) is 15.5 Å². The van der Waals surface area contributed by atoms with Gasteiger partial charge in [0.1, 0.15) is 6.61 Å². The van der Waals surface area contributed by atoms with Gasteiger partial charge in [-0.2, -0.15) is 0 Å². The highest BCUT2D eigenvalue weighted by Crippen LogP contribution is 2.21. The number of nitrogens with one attached hydrogen (secondary N) is 2. The number of carbonyl (C=O) groups is 4. The summed E-state index contributed by atoms with van der Waals surface area (Å²) < 4.78 is 26.8. The van der Waals surface area contributed by atoms with Crippen LogP contribution in [0.15, 0.2) is 0 Å². The summed E-state index contributed by atoms with van der Waals surface area (Å²) in [6, 6.07) is 1.09. The molecule has 0 spiro atoms. The molecular formula is C32H65N3O10Si. The number of aliphatic hydroxyl groups is 1. The first kappa shape index (κ1) is 45.9. The Morgan fingerprint density at radius 3 is 1.93 bits per heavy atom. The number of amides is 3. The number of nitrogens with zero attached hydrogens (tertiary/aromatic N) is 1. The molecule has 46 heavy (non-hydrogen) atoms. The molecule has 0 bridgehead atoms. The van der Waals surface area contributed by atoms with E-state index in [9.17, 15) is 19.2 Å². The predicted molar refractivity (Wildman–Crippen MR) is 180 cm³/mol. The van der Waals surface area contributed by atoms with Gasteiger partial charge in [0, 0.05) is 57.3 Å². The van der Waals surface area contributed by atoms with Crippen LogP contribution in [0.25, 0.3) is 0 Å². The minimum atomic E-state index is -2.67. The first-order valence-electron chi connectivity index (χ1n) is 16.9. The molecule has 1 rings (SSSR count). The van der Waals surface area contributed by atoms with Crippen molar-refractivity contribution in [3.63, 3.8) is 0 Å². The summed E-state index contributed by atoms with van der Waals surface area (Å²) in [5.41, 5.74) is -0.714. The lowest BCUT2D eigenvalue weighted by molar-refractivity contribution is -0.154. The third kappa shape index (κ3) is 18.8. The molecule has 3 unspecified atom stereocenters. The molecular weight excluding hydrogens is 614 g/mol. The molecule has 1 saturated heterocycles. The molecule has 272 valence electrons. The molecule has 3 N–H and O–H groups in total.